The average Bonchev–Trinajstić information content (AvgIpc) is 2.53. The van der Waals surface area contributed by atoms with Crippen molar-refractivity contribution in [1.82, 2.24) is 9.78 Å². The number of hydrogen-bond acceptors (Lipinski definition) is 4. The van der Waals surface area contributed by atoms with Gasteiger partial charge in [-0.05, 0) is 31.5 Å². The molecule has 0 bridgehead atoms. The van der Waals surface area contributed by atoms with Crippen LogP contribution in [0.1, 0.15) is 35.7 Å². The molecule has 0 aliphatic carbocycles. The van der Waals surface area contributed by atoms with Crippen LogP contribution in [-0.2, 0) is 6.54 Å². The van der Waals surface area contributed by atoms with Crippen molar-refractivity contribution in [2.24, 2.45) is 0 Å². The molecule has 0 radical (unpaired) electrons. The van der Waals surface area contributed by atoms with Gasteiger partial charge in [0.2, 0.25) is 0 Å². The zero-order valence-corrected chi connectivity index (χ0v) is 13.1. The summed E-state index contributed by atoms with van der Waals surface area (Å²) in [5.41, 5.74) is 2.16. The third kappa shape index (κ3) is 3.24. The van der Waals surface area contributed by atoms with E-state index in [0.29, 0.717) is 24.3 Å². The fraction of sp³-hybridized carbons (Fsp3) is 0.353. The van der Waals surface area contributed by atoms with Gasteiger partial charge in [0, 0.05) is 12.1 Å². The molecule has 22 heavy (non-hydrogen) atoms. The van der Waals surface area contributed by atoms with Crippen molar-refractivity contribution in [3.05, 3.63) is 45.7 Å². The van der Waals surface area contributed by atoms with Gasteiger partial charge in [0.25, 0.3) is 5.56 Å². The number of carbonyl (C=O) groups excluding carboxylic acids is 1. The first kappa shape index (κ1) is 15.9. The molecule has 0 fully saturated rings. The SMILES string of the molecule is CCCCn1nc(-c2cc(C)ccc2OC)cc(C=O)c1=O. The van der Waals surface area contributed by atoms with Crippen molar-refractivity contribution in [3.63, 3.8) is 0 Å². The molecule has 0 amide bonds. The molecule has 0 atom stereocenters. The van der Waals surface area contributed by atoms with Crippen LogP contribution in [-0.4, -0.2) is 23.2 Å². The summed E-state index contributed by atoms with van der Waals surface area (Å²) in [4.78, 5) is 23.3. The Bertz CT molecular complexity index is 735. The number of aromatic nitrogens is 2. The van der Waals surface area contributed by atoms with Gasteiger partial charge in [0.05, 0.1) is 18.4 Å². The molecular weight excluding hydrogens is 280 g/mol. The smallest absolute Gasteiger partial charge is 0.277 e. The van der Waals surface area contributed by atoms with Crippen molar-refractivity contribution in [3.8, 4) is 17.0 Å². The van der Waals surface area contributed by atoms with E-state index in [-0.39, 0.29) is 11.1 Å². The van der Waals surface area contributed by atoms with Gasteiger partial charge in [-0.1, -0.05) is 25.0 Å². The quantitative estimate of drug-likeness (QED) is 0.770. The molecule has 0 spiro atoms. The molecule has 2 aromatic rings. The van der Waals surface area contributed by atoms with Gasteiger partial charge in [-0.25, -0.2) is 4.68 Å². The second kappa shape index (κ2) is 7.02. The third-order valence-corrected chi connectivity index (χ3v) is 3.48. The monoisotopic (exact) mass is 300 g/mol. The first-order chi connectivity index (χ1) is 10.6. The minimum absolute atomic E-state index is 0.115. The molecule has 0 aliphatic rings. The minimum atomic E-state index is -0.348. The summed E-state index contributed by atoms with van der Waals surface area (Å²) in [6, 6.07) is 7.25. The van der Waals surface area contributed by atoms with E-state index in [2.05, 4.69) is 5.10 Å². The second-order valence-corrected chi connectivity index (χ2v) is 5.19. The normalized spacial score (nSPS) is 10.5. The Balaban J connectivity index is 2.62. The van der Waals surface area contributed by atoms with Crippen LogP contribution in [0, 0.1) is 6.92 Å². The van der Waals surface area contributed by atoms with Crippen LogP contribution in [0.25, 0.3) is 11.3 Å². The molecule has 0 N–H and O–H groups in total. The maximum absolute atomic E-state index is 12.1. The average molecular weight is 300 g/mol. The van der Waals surface area contributed by atoms with Gasteiger partial charge >= 0.3 is 0 Å². The molecule has 116 valence electrons. The maximum Gasteiger partial charge on any atom is 0.277 e. The number of aldehydes is 1. The molecule has 5 nitrogen and oxygen atoms in total. The predicted molar refractivity (Wildman–Crippen MR) is 85.5 cm³/mol. The lowest BCUT2D eigenvalue weighted by molar-refractivity contribution is 0.112. The fourth-order valence-corrected chi connectivity index (χ4v) is 2.26. The Hall–Kier alpha value is -2.43. The summed E-state index contributed by atoms with van der Waals surface area (Å²) in [6.07, 6.45) is 2.36. The van der Waals surface area contributed by atoms with Crippen LogP contribution in [0.5, 0.6) is 5.75 Å². The highest BCUT2D eigenvalue weighted by molar-refractivity contribution is 5.78. The number of benzene rings is 1. The van der Waals surface area contributed by atoms with Crippen LogP contribution in [0.15, 0.2) is 29.1 Å². The molecule has 2 rings (SSSR count). The van der Waals surface area contributed by atoms with Crippen molar-refractivity contribution in [1.29, 1.82) is 0 Å². The van der Waals surface area contributed by atoms with Crippen molar-refractivity contribution >= 4 is 6.29 Å². The molecule has 0 aliphatic heterocycles. The zero-order valence-electron chi connectivity index (χ0n) is 13.1. The van der Waals surface area contributed by atoms with Crippen LogP contribution in [0.3, 0.4) is 0 Å². The maximum atomic E-state index is 12.1. The zero-order chi connectivity index (χ0) is 16.1. The molecule has 1 aromatic carbocycles. The lowest BCUT2D eigenvalue weighted by Crippen LogP contribution is -2.26. The fourth-order valence-electron chi connectivity index (χ4n) is 2.26. The summed E-state index contributed by atoms with van der Waals surface area (Å²) in [5, 5.41) is 4.40. The predicted octanol–water partition coefficient (Wildman–Crippen LogP) is 2.84. The number of rotatable bonds is 6. The lowest BCUT2D eigenvalue weighted by Gasteiger charge is -2.12. The molecule has 0 saturated carbocycles. The van der Waals surface area contributed by atoms with Gasteiger partial charge in [-0.3, -0.25) is 9.59 Å². The summed E-state index contributed by atoms with van der Waals surface area (Å²) < 4.78 is 6.73. The van der Waals surface area contributed by atoms with Crippen molar-refractivity contribution < 1.29 is 9.53 Å². The molecule has 5 heteroatoms. The van der Waals surface area contributed by atoms with Gasteiger partial charge in [-0.2, -0.15) is 5.10 Å². The highest BCUT2D eigenvalue weighted by Gasteiger charge is 2.13. The Morgan fingerprint density at radius 2 is 2.09 bits per heavy atom. The van der Waals surface area contributed by atoms with E-state index in [9.17, 15) is 9.59 Å². The van der Waals surface area contributed by atoms with E-state index in [4.69, 9.17) is 4.74 Å². The first-order valence-corrected chi connectivity index (χ1v) is 7.33. The van der Waals surface area contributed by atoms with E-state index in [1.165, 1.54) is 10.7 Å². The highest BCUT2D eigenvalue weighted by atomic mass is 16.5. The minimum Gasteiger partial charge on any atom is -0.496 e. The van der Waals surface area contributed by atoms with E-state index in [0.717, 1.165) is 24.0 Å². The van der Waals surface area contributed by atoms with Gasteiger partial charge in [0.1, 0.15) is 5.75 Å². The highest BCUT2D eigenvalue weighted by Crippen LogP contribution is 2.29. The van der Waals surface area contributed by atoms with E-state index in [1.54, 1.807) is 7.11 Å². The number of nitrogens with zero attached hydrogens (tertiary/aromatic N) is 2. The van der Waals surface area contributed by atoms with E-state index >= 15 is 0 Å². The number of unbranched alkanes of at least 4 members (excludes halogenated alkanes) is 1. The standard InChI is InChI=1S/C17H20N2O3/c1-4-5-8-19-17(21)13(11-20)10-15(18-19)14-9-12(2)6-7-16(14)22-3/h6-7,9-11H,4-5,8H2,1-3H3. The Morgan fingerprint density at radius 3 is 2.73 bits per heavy atom. The van der Waals surface area contributed by atoms with Crippen LogP contribution >= 0.6 is 0 Å². The largest absolute Gasteiger partial charge is 0.496 e. The molecule has 0 saturated heterocycles. The van der Waals surface area contributed by atoms with Crippen LogP contribution in [0.2, 0.25) is 0 Å². The Kier molecular flexibility index (Phi) is 5.09. The lowest BCUT2D eigenvalue weighted by atomic mass is 10.1. The number of ether oxygens (including phenoxy) is 1. The number of carbonyl (C=O) groups is 1. The second-order valence-electron chi connectivity index (χ2n) is 5.19. The van der Waals surface area contributed by atoms with Crippen molar-refractivity contribution in [2.45, 2.75) is 33.2 Å². The van der Waals surface area contributed by atoms with E-state index < -0.39 is 0 Å². The number of methoxy groups -OCH3 is 1. The van der Waals surface area contributed by atoms with Gasteiger partial charge in [0.15, 0.2) is 6.29 Å². The summed E-state index contributed by atoms with van der Waals surface area (Å²) >= 11 is 0. The van der Waals surface area contributed by atoms with Crippen LogP contribution < -0.4 is 10.3 Å². The van der Waals surface area contributed by atoms with Gasteiger partial charge in [-0.15, -0.1) is 0 Å². The molecule has 1 heterocycles. The van der Waals surface area contributed by atoms with E-state index in [1.807, 2.05) is 32.0 Å². The molecular formula is C17H20N2O3. The first-order valence-electron chi connectivity index (χ1n) is 7.33. The molecule has 0 unspecified atom stereocenters. The Labute approximate surface area is 129 Å². The number of hydrogen-bond donors (Lipinski definition) is 0. The Morgan fingerprint density at radius 1 is 1.32 bits per heavy atom. The summed E-state index contributed by atoms with van der Waals surface area (Å²) in [5.74, 6) is 0.663. The third-order valence-electron chi connectivity index (χ3n) is 3.48. The number of aryl methyl sites for hydroxylation is 2. The topological polar surface area (TPSA) is 61.2 Å². The van der Waals surface area contributed by atoms with Gasteiger partial charge < -0.3 is 4.74 Å². The van der Waals surface area contributed by atoms with Crippen molar-refractivity contribution in [2.75, 3.05) is 7.11 Å². The summed E-state index contributed by atoms with van der Waals surface area (Å²) in [7, 11) is 1.59. The van der Waals surface area contributed by atoms with Crippen LogP contribution in [0.4, 0.5) is 0 Å². The molecule has 1 aromatic heterocycles. The summed E-state index contributed by atoms with van der Waals surface area (Å²) in [6.45, 7) is 4.51.